The van der Waals surface area contributed by atoms with Gasteiger partial charge in [0.25, 0.3) is 5.56 Å². The first-order valence-corrected chi connectivity index (χ1v) is 12.6. The van der Waals surface area contributed by atoms with Gasteiger partial charge in [0.05, 0.1) is 10.7 Å². The highest BCUT2D eigenvalue weighted by atomic mass is 35.5. The minimum atomic E-state index is -1.69. The Morgan fingerprint density at radius 2 is 2.00 bits per heavy atom. The van der Waals surface area contributed by atoms with Crippen molar-refractivity contribution >= 4 is 52.7 Å². The predicted octanol–water partition coefficient (Wildman–Crippen LogP) is 4.44. The number of aryl methyl sites for hydroxylation is 1. The van der Waals surface area contributed by atoms with Crippen molar-refractivity contribution in [3.05, 3.63) is 67.6 Å². The molecule has 1 N–H and O–H groups in total. The topological polar surface area (TPSA) is 75.9 Å². The second-order valence-electron chi connectivity index (χ2n) is 8.09. The molecule has 2 aliphatic rings. The first kappa shape index (κ1) is 26.2. The lowest BCUT2D eigenvalue weighted by Gasteiger charge is -2.26. The van der Waals surface area contributed by atoms with Crippen LogP contribution < -0.4 is 11.0 Å². The molecule has 2 aliphatic heterocycles. The van der Waals surface area contributed by atoms with Crippen molar-refractivity contribution in [2.75, 3.05) is 6.54 Å². The Hall–Kier alpha value is -1.42. The number of hydrogen-bond acceptors (Lipinski definition) is 5. The second kappa shape index (κ2) is 11.8. The summed E-state index contributed by atoms with van der Waals surface area (Å²) in [6.07, 6.45) is 5.30. The number of halogens is 3. The van der Waals surface area contributed by atoms with Crippen LogP contribution >= 0.6 is 35.6 Å². The lowest BCUT2D eigenvalue weighted by atomic mass is 10.1. The zero-order chi connectivity index (χ0) is 22.7. The smallest absolute Gasteiger partial charge is 0.308 e. The normalized spacial score (nSPS) is 20.4. The molecule has 0 amide bonds. The van der Waals surface area contributed by atoms with Crippen LogP contribution in [0.3, 0.4) is 0 Å². The summed E-state index contributed by atoms with van der Waals surface area (Å²) in [6.45, 7) is 4.35. The maximum absolute atomic E-state index is 12.9. The summed E-state index contributed by atoms with van der Waals surface area (Å²) in [5.74, 6) is 0.433. The Morgan fingerprint density at radius 3 is 2.67 bits per heavy atom. The average molecular weight is 534 g/mol. The van der Waals surface area contributed by atoms with Crippen LogP contribution in [0.1, 0.15) is 49.4 Å². The Bertz CT molecular complexity index is 1090. The van der Waals surface area contributed by atoms with Gasteiger partial charge in [0.1, 0.15) is 5.02 Å². The van der Waals surface area contributed by atoms with E-state index in [4.69, 9.17) is 27.5 Å². The number of aromatic nitrogens is 1. The number of pyridine rings is 1. The highest BCUT2D eigenvalue weighted by Crippen LogP contribution is 2.27. The number of rotatable bonds is 8. The first-order valence-electron chi connectivity index (χ1n) is 10.8. The summed E-state index contributed by atoms with van der Waals surface area (Å²) in [6, 6.07) is 9.76. The third kappa shape index (κ3) is 6.18. The van der Waals surface area contributed by atoms with Crippen LogP contribution in [0.25, 0.3) is 0 Å². The Balaban J connectivity index is 0.00000306. The van der Waals surface area contributed by atoms with Crippen LogP contribution in [0.5, 0.6) is 0 Å². The van der Waals surface area contributed by atoms with E-state index in [1.807, 2.05) is 24.3 Å². The van der Waals surface area contributed by atoms with Gasteiger partial charge in [-0.1, -0.05) is 60.8 Å². The highest BCUT2D eigenvalue weighted by Gasteiger charge is 2.26. The van der Waals surface area contributed by atoms with Gasteiger partial charge in [-0.25, -0.2) is 9.69 Å². The lowest BCUT2D eigenvalue weighted by Crippen LogP contribution is -2.33. The summed E-state index contributed by atoms with van der Waals surface area (Å²) in [5.41, 5.74) is 4.98. The molecule has 1 fully saturated rings. The molecule has 0 aliphatic carbocycles. The molecule has 0 spiro atoms. The molecule has 11 heteroatoms. The van der Waals surface area contributed by atoms with Crippen LogP contribution in [-0.4, -0.2) is 32.1 Å². The standard InChI is InChI=1S/C22H26Cl2N4O3S.ClH/c1-2-4-17-5-3-11-27(17)14-20-18(23)13-19(24)22(29)28(20)12-10-15-6-8-16(9-7-15)21-25-31-32(30)26-21;/h6-9,13,17H,2-5,10-12,14H2,1H3,(H,25,26);1H/t17-,32?;/m0./s1. The van der Waals surface area contributed by atoms with Gasteiger partial charge in [-0.05, 0) is 43.9 Å². The Morgan fingerprint density at radius 1 is 1.24 bits per heavy atom. The molecule has 1 aromatic carbocycles. The van der Waals surface area contributed by atoms with E-state index in [1.165, 1.54) is 12.8 Å². The van der Waals surface area contributed by atoms with Crippen LogP contribution in [0.4, 0.5) is 0 Å². The number of amidine groups is 1. The molecule has 7 nitrogen and oxygen atoms in total. The molecular formula is C22H27Cl3N4O3S. The van der Waals surface area contributed by atoms with Gasteiger partial charge in [-0.15, -0.1) is 16.8 Å². The molecule has 33 heavy (non-hydrogen) atoms. The SMILES string of the molecule is CCC[C@H]1CCCN1Cc1c(Cl)cc(Cl)c(=O)n1CCc1ccc(C2=NS(=O)ON2)cc1.Cl. The summed E-state index contributed by atoms with van der Waals surface area (Å²) < 4.78 is 21.6. The fraction of sp³-hybridized carbons (Fsp3) is 0.455. The van der Waals surface area contributed by atoms with Crippen LogP contribution in [0, 0.1) is 0 Å². The predicted molar refractivity (Wildman–Crippen MR) is 135 cm³/mol. The Kier molecular flexibility index (Phi) is 9.38. The van der Waals surface area contributed by atoms with Crippen molar-refractivity contribution in [1.29, 1.82) is 0 Å². The molecule has 1 unspecified atom stereocenters. The number of hydroxylamine groups is 1. The lowest BCUT2D eigenvalue weighted by molar-refractivity contribution is 0.227. The average Bonchev–Trinajstić information content (AvgIpc) is 3.41. The summed E-state index contributed by atoms with van der Waals surface area (Å²) >= 11 is 11.1. The van der Waals surface area contributed by atoms with Gasteiger partial charge in [0.2, 0.25) is 0 Å². The zero-order valence-corrected chi connectivity index (χ0v) is 21.4. The maximum Gasteiger partial charge on any atom is 0.309 e. The molecule has 3 heterocycles. The molecule has 2 aromatic rings. The fourth-order valence-electron chi connectivity index (χ4n) is 4.36. The first-order chi connectivity index (χ1) is 15.5. The molecule has 1 saturated heterocycles. The largest absolute Gasteiger partial charge is 0.309 e. The van der Waals surface area contributed by atoms with Crippen LogP contribution in [-0.2, 0) is 35.1 Å². The summed E-state index contributed by atoms with van der Waals surface area (Å²) in [4.78, 5) is 15.3. The van der Waals surface area contributed by atoms with Crippen LogP contribution in [0.15, 0.2) is 39.5 Å². The summed E-state index contributed by atoms with van der Waals surface area (Å²) in [5, 5.41) is 0.671. The van der Waals surface area contributed by atoms with Crippen molar-refractivity contribution < 1.29 is 8.49 Å². The fourth-order valence-corrected chi connectivity index (χ4v) is 5.38. The molecule has 4 rings (SSSR count). The van der Waals surface area contributed by atoms with E-state index in [0.717, 1.165) is 36.2 Å². The monoisotopic (exact) mass is 532 g/mol. The van der Waals surface area contributed by atoms with Crippen LogP contribution in [0.2, 0.25) is 10.0 Å². The van der Waals surface area contributed by atoms with E-state index >= 15 is 0 Å². The van der Waals surface area contributed by atoms with E-state index in [0.29, 0.717) is 36.4 Å². The van der Waals surface area contributed by atoms with Gasteiger partial charge in [0, 0.05) is 24.7 Å². The summed E-state index contributed by atoms with van der Waals surface area (Å²) in [7, 11) is 0. The highest BCUT2D eigenvalue weighted by molar-refractivity contribution is 7.79. The molecular weight excluding hydrogens is 507 g/mol. The van der Waals surface area contributed by atoms with Gasteiger partial charge in [-0.2, -0.15) is 4.28 Å². The van der Waals surface area contributed by atoms with Crippen molar-refractivity contribution in [3.63, 3.8) is 0 Å². The van der Waals surface area contributed by atoms with E-state index < -0.39 is 11.3 Å². The van der Waals surface area contributed by atoms with Crippen molar-refractivity contribution in [1.82, 2.24) is 14.9 Å². The van der Waals surface area contributed by atoms with E-state index in [9.17, 15) is 9.00 Å². The molecule has 180 valence electrons. The third-order valence-corrected chi connectivity index (χ3v) is 7.16. The molecule has 0 saturated carbocycles. The molecule has 2 atom stereocenters. The van der Waals surface area contributed by atoms with Crippen molar-refractivity contribution in [2.24, 2.45) is 4.40 Å². The number of hydrogen-bond donors (Lipinski definition) is 1. The quantitative estimate of drug-likeness (QED) is 0.543. The van der Waals surface area contributed by atoms with Gasteiger partial charge >= 0.3 is 11.3 Å². The number of benzene rings is 1. The Labute approximate surface area is 212 Å². The molecule has 0 radical (unpaired) electrons. The van der Waals surface area contributed by atoms with E-state index in [2.05, 4.69) is 21.7 Å². The van der Waals surface area contributed by atoms with Crippen molar-refractivity contribution in [3.8, 4) is 0 Å². The molecule has 1 aromatic heterocycles. The van der Waals surface area contributed by atoms with Gasteiger partial charge in [-0.3, -0.25) is 9.69 Å². The van der Waals surface area contributed by atoms with Gasteiger partial charge in [0.15, 0.2) is 5.84 Å². The van der Waals surface area contributed by atoms with Gasteiger partial charge < -0.3 is 4.57 Å². The number of likely N-dealkylation sites (tertiary alicyclic amines) is 1. The van der Waals surface area contributed by atoms with Crippen molar-refractivity contribution in [2.45, 2.75) is 58.2 Å². The number of nitrogens with one attached hydrogen (secondary N) is 1. The minimum absolute atomic E-state index is 0. The number of nitrogens with zero attached hydrogens (tertiary/aromatic N) is 3. The van der Waals surface area contributed by atoms with E-state index in [1.54, 1.807) is 10.6 Å². The molecule has 0 bridgehead atoms. The third-order valence-electron chi connectivity index (χ3n) is 6.01. The zero-order valence-electron chi connectivity index (χ0n) is 18.3. The maximum atomic E-state index is 12.9. The second-order valence-corrected chi connectivity index (χ2v) is 9.69. The van der Waals surface area contributed by atoms with E-state index in [-0.39, 0.29) is 23.0 Å². The minimum Gasteiger partial charge on any atom is -0.308 e.